The number of anilines is 3. The maximum Gasteiger partial charge on any atom is 0.308 e. The van der Waals surface area contributed by atoms with E-state index in [9.17, 15) is 29.3 Å². The van der Waals surface area contributed by atoms with Crippen LogP contribution in [0.25, 0.3) is 10.8 Å². The summed E-state index contributed by atoms with van der Waals surface area (Å²) in [6, 6.07) is 26.2. The number of fused-ring (bicyclic) bond motifs is 3. The van der Waals surface area contributed by atoms with Crippen LogP contribution in [0.3, 0.4) is 0 Å². The van der Waals surface area contributed by atoms with Gasteiger partial charge in [-0.15, -0.1) is 0 Å². The molecule has 47 heavy (non-hydrogen) atoms. The summed E-state index contributed by atoms with van der Waals surface area (Å²) in [5.74, 6) is -2.80. The average Bonchev–Trinajstić information content (AvgIpc) is 3.51. The number of thioether (sulfide) groups is 1. The Labute approximate surface area is 276 Å². The number of non-ortho nitro benzene ring substituents is 1. The Morgan fingerprint density at radius 1 is 0.915 bits per heavy atom. The maximum atomic E-state index is 14.1. The molecule has 0 saturated carbocycles. The third-order valence-electron chi connectivity index (χ3n) is 8.50. The molecule has 3 atom stereocenters. The lowest BCUT2D eigenvalue weighted by molar-refractivity contribution is -0.384. The number of hydrogen-bond acceptors (Lipinski definition) is 9. The van der Waals surface area contributed by atoms with Crippen molar-refractivity contribution in [2.75, 3.05) is 29.2 Å². The summed E-state index contributed by atoms with van der Waals surface area (Å²) in [6.45, 7) is -0.279. The molecular formula is C34H27N5O6S2. The Hall–Kier alpha value is -5.27. The number of carbonyl (C=O) groups excluding carboxylic acids is 3. The number of thiazole rings is 1. The molecule has 2 aliphatic rings. The predicted octanol–water partition coefficient (Wildman–Crippen LogP) is 5.47. The van der Waals surface area contributed by atoms with Gasteiger partial charge in [-0.1, -0.05) is 71.6 Å². The average molecular weight is 666 g/mol. The second-order valence-corrected chi connectivity index (χ2v) is 13.6. The smallest absolute Gasteiger partial charge is 0.308 e. The Kier molecular flexibility index (Phi) is 7.65. The third kappa shape index (κ3) is 5.26. The number of carbonyl (C=O) groups is 3. The minimum atomic E-state index is -0.884. The van der Waals surface area contributed by atoms with Crippen molar-refractivity contribution in [3.63, 3.8) is 0 Å². The van der Waals surface area contributed by atoms with Crippen molar-refractivity contribution in [3.05, 3.63) is 121 Å². The third-order valence-corrected chi connectivity index (χ3v) is 11.1. The molecule has 0 radical (unpaired) electrons. The van der Waals surface area contributed by atoms with Crippen molar-refractivity contribution in [2.45, 2.75) is 22.7 Å². The minimum absolute atomic E-state index is 0.161. The van der Waals surface area contributed by atoms with Crippen molar-refractivity contribution in [2.24, 2.45) is 5.92 Å². The second-order valence-electron chi connectivity index (χ2n) is 11.5. The molecule has 0 spiro atoms. The SMILES string of the molecule is CN(C)c1ccc([C@H]2c3sc(=O)n(CC(=O)Nc4cccc5ccccc45)c3SC3C(=O)N(c4ccc([N+](=O)[O-])cc4)C(=O)C32)cc1. The second kappa shape index (κ2) is 11.8. The van der Waals surface area contributed by atoms with E-state index in [4.69, 9.17) is 0 Å². The number of nitro benzene ring substituents is 1. The normalized spacial score (nSPS) is 18.6. The fraction of sp³-hybridized carbons (Fsp3) is 0.176. The molecule has 2 aliphatic heterocycles. The van der Waals surface area contributed by atoms with Gasteiger partial charge in [0.1, 0.15) is 11.8 Å². The van der Waals surface area contributed by atoms with Crippen LogP contribution in [0.1, 0.15) is 16.4 Å². The van der Waals surface area contributed by atoms with Gasteiger partial charge in [-0.3, -0.25) is 33.9 Å². The van der Waals surface area contributed by atoms with Crippen LogP contribution in [0.5, 0.6) is 0 Å². The van der Waals surface area contributed by atoms with Crippen molar-refractivity contribution >= 4 is 74.3 Å². The highest BCUT2D eigenvalue weighted by Crippen LogP contribution is 2.54. The van der Waals surface area contributed by atoms with E-state index in [1.807, 2.05) is 79.7 Å². The lowest BCUT2D eigenvalue weighted by atomic mass is 9.83. The van der Waals surface area contributed by atoms with E-state index in [2.05, 4.69) is 5.32 Å². The fourth-order valence-electron chi connectivity index (χ4n) is 6.24. The summed E-state index contributed by atoms with van der Waals surface area (Å²) >= 11 is 2.09. The number of nitrogens with one attached hydrogen (secondary N) is 1. The van der Waals surface area contributed by atoms with E-state index < -0.39 is 39.7 Å². The van der Waals surface area contributed by atoms with Crippen LogP contribution in [0.15, 0.2) is 101 Å². The van der Waals surface area contributed by atoms with Crippen LogP contribution in [0, 0.1) is 16.0 Å². The maximum absolute atomic E-state index is 14.1. The molecule has 2 unspecified atom stereocenters. The molecule has 3 amide bonds. The monoisotopic (exact) mass is 665 g/mol. The summed E-state index contributed by atoms with van der Waals surface area (Å²) in [5, 5.41) is 15.6. The zero-order chi connectivity index (χ0) is 33.0. The summed E-state index contributed by atoms with van der Waals surface area (Å²) in [4.78, 5) is 69.0. The van der Waals surface area contributed by atoms with Gasteiger partial charge in [0.05, 0.1) is 21.6 Å². The molecule has 1 aromatic heterocycles. The van der Waals surface area contributed by atoms with Crippen LogP contribution < -0.4 is 20.0 Å². The zero-order valence-electron chi connectivity index (χ0n) is 25.2. The predicted molar refractivity (Wildman–Crippen MR) is 182 cm³/mol. The molecule has 236 valence electrons. The number of aromatic nitrogens is 1. The summed E-state index contributed by atoms with van der Waals surface area (Å²) in [7, 11) is 3.83. The van der Waals surface area contributed by atoms with Crippen molar-refractivity contribution in [3.8, 4) is 0 Å². The van der Waals surface area contributed by atoms with Gasteiger partial charge in [-0.05, 0) is 41.3 Å². The quantitative estimate of drug-likeness (QED) is 0.137. The topological polar surface area (TPSA) is 135 Å². The van der Waals surface area contributed by atoms with Gasteiger partial charge in [-0.2, -0.15) is 0 Å². The van der Waals surface area contributed by atoms with Crippen LogP contribution in [0.4, 0.5) is 22.7 Å². The van der Waals surface area contributed by atoms with Gasteiger partial charge >= 0.3 is 4.87 Å². The molecule has 3 heterocycles. The highest BCUT2D eigenvalue weighted by atomic mass is 32.2. The van der Waals surface area contributed by atoms with E-state index in [0.29, 0.717) is 15.6 Å². The van der Waals surface area contributed by atoms with Gasteiger partial charge in [0.25, 0.3) is 5.69 Å². The standard InChI is InChI=1S/C34H27N5O6S2/c1-36(2)21-12-10-20(11-13-21)27-28-29(32(42)38(31(28)41)22-14-16-23(17-15-22)39(44)45)46-33-30(27)47-34(43)37(33)18-26(40)35-25-9-5-7-19-6-3-4-8-24(19)25/h3-17,27-29H,18H2,1-2H3,(H,35,40)/t27-,28?,29?/m1/s1. The van der Waals surface area contributed by atoms with Crippen molar-refractivity contribution in [1.82, 2.24) is 4.57 Å². The molecule has 0 aliphatic carbocycles. The van der Waals surface area contributed by atoms with Crippen LogP contribution in [0.2, 0.25) is 0 Å². The fourth-order valence-corrected chi connectivity index (χ4v) is 9.01. The lowest BCUT2D eigenvalue weighted by Gasteiger charge is -2.31. The summed E-state index contributed by atoms with van der Waals surface area (Å²) in [6.07, 6.45) is 0. The number of nitrogens with zero attached hydrogens (tertiary/aromatic N) is 4. The first-order valence-corrected chi connectivity index (χ1v) is 16.4. The van der Waals surface area contributed by atoms with Gasteiger partial charge in [0.2, 0.25) is 17.7 Å². The van der Waals surface area contributed by atoms with Gasteiger partial charge in [0.15, 0.2) is 0 Å². The van der Waals surface area contributed by atoms with Gasteiger partial charge < -0.3 is 10.2 Å². The summed E-state index contributed by atoms with van der Waals surface area (Å²) < 4.78 is 1.38. The van der Waals surface area contributed by atoms with Crippen LogP contribution in [-0.2, 0) is 20.9 Å². The number of rotatable bonds is 7. The van der Waals surface area contributed by atoms with Crippen molar-refractivity contribution < 1.29 is 19.3 Å². The molecule has 1 N–H and O–H groups in total. The lowest BCUT2D eigenvalue weighted by Crippen LogP contribution is -2.33. The summed E-state index contributed by atoms with van der Waals surface area (Å²) in [5.41, 5.74) is 2.39. The van der Waals surface area contributed by atoms with E-state index in [-0.39, 0.29) is 22.8 Å². The molecule has 1 saturated heterocycles. The van der Waals surface area contributed by atoms with E-state index in [1.54, 1.807) is 6.07 Å². The Balaban J connectivity index is 1.27. The Bertz CT molecular complexity index is 2140. The molecule has 7 rings (SSSR count). The molecular weight excluding hydrogens is 639 g/mol. The molecule has 5 aromatic rings. The molecule has 4 aromatic carbocycles. The Morgan fingerprint density at radius 3 is 2.32 bits per heavy atom. The molecule has 13 heteroatoms. The zero-order valence-corrected chi connectivity index (χ0v) is 26.8. The van der Waals surface area contributed by atoms with Crippen molar-refractivity contribution in [1.29, 1.82) is 0 Å². The largest absolute Gasteiger partial charge is 0.378 e. The minimum Gasteiger partial charge on any atom is -0.378 e. The van der Waals surface area contributed by atoms with Gasteiger partial charge in [0, 0.05) is 53.8 Å². The number of amides is 3. The molecule has 1 fully saturated rings. The van der Waals surface area contributed by atoms with E-state index >= 15 is 0 Å². The first-order chi connectivity index (χ1) is 22.6. The van der Waals surface area contributed by atoms with Gasteiger partial charge in [-0.25, -0.2) is 4.90 Å². The van der Waals surface area contributed by atoms with Crippen LogP contribution >= 0.6 is 23.1 Å². The molecule has 11 nitrogen and oxygen atoms in total. The first-order valence-electron chi connectivity index (χ1n) is 14.7. The highest BCUT2D eigenvalue weighted by molar-refractivity contribution is 8.00. The highest BCUT2D eigenvalue weighted by Gasteiger charge is 2.56. The first kappa shape index (κ1) is 30.4. The number of nitro groups is 1. The van der Waals surface area contributed by atoms with E-state index in [0.717, 1.165) is 50.0 Å². The van der Waals surface area contributed by atoms with E-state index in [1.165, 1.54) is 28.8 Å². The number of benzene rings is 4. The van der Waals surface area contributed by atoms with Crippen LogP contribution in [-0.4, -0.2) is 46.6 Å². The number of imide groups is 1. The molecule has 0 bridgehead atoms. The Morgan fingerprint density at radius 2 is 1.62 bits per heavy atom. The number of hydrogen-bond donors (Lipinski definition) is 1.